The molecule has 22 atom stereocenters. The third-order valence-electron chi connectivity index (χ3n) is 22.1. The fraction of sp³-hybridized carbons (Fsp3) is 0.981. The molecule has 0 amide bonds. The van der Waals surface area contributed by atoms with E-state index in [0.29, 0.717) is 70.0 Å². The predicted molar refractivity (Wildman–Crippen MR) is 235 cm³/mol. The smallest absolute Gasteiger partial charge is 0.303 e. The van der Waals surface area contributed by atoms with Crippen molar-refractivity contribution in [2.24, 2.45) is 116 Å². The highest BCUT2D eigenvalue weighted by molar-refractivity contribution is 5.67. The standard InChI is InChI=1S/C27H48O.C26H44O3/c1-7-9-18(4)20-10-11-21-24-22(13-15-26(20,21)5)27(6)14-12-17(3)16-23(27)19(8-2)25(24)28;1-6-17-21-13-15(2)9-11-26(21,5)20-10-12-25(4)18(16(3)14-22(27)28)7-8-19(25)23(20)24(17)29/h17-25,28H,7-16H2,1-6H3;15-21,23-24,29H,6-14H2,1-5H3,(H,27,28)/t17-,18-,19-,20-,21?,22?,23+,24+,25-,26-,27-;15-,16-,17-,18-,19?,20?,21+,23+,24-,25-,26-/m11/s1. The summed E-state index contributed by atoms with van der Waals surface area (Å²) in [7, 11) is 0. The minimum absolute atomic E-state index is 0.0387. The van der Waals surface area contributed by atoms with Gasteiger partial charge in [-0.15, -0.1) is 0 Å². The van der Waals surface area contributed by atoms with E-state index >= 15 is 0 Å². The molecule has 8 fully saturated rings. The lowest BCUT2D eigenvalue weighted by atomic mass is 9.41. The van der Waals surface area contributed by atoms with E-state index in [-0.39, 0.29) is 23.5 Å². The molecule has 4 unspecified atom stereocenters. The maximum Gasteiger partial charge on any atom is 0.303 e. The minimum Gasteiger partial charge on any atom is -0.481 e. The van der Waals surface area contributed by atoms with E-state index in [1.165, 1.54) is 103 Å². The van der Waals surface area contributed by atoms with Crippen molar-refractivity contribution in [2.75, 3.05) is 0 Å². The number of hydrogen-bond donors (Lipinski definition) is 3. The summed E-state index contributed by atoms with van der Waals surface area (Å²) in [6.45, 7) is 26.9. The zero-order valence-corrected chi connectivity index (χ0v) is 39.1. The number of rotatable bonds is 8. The van der Waals surface area contributed by atoms with Crippen LogP contribution < -0.4 is 0 Å². The van der Waals surface area contributed by atoms with Crippen molar-refractivity contribution in [1.29, 1.82) is 0 Å². The van der Waals surface area contributed by atoms with Gasteiger partial charge >= 0.3 is 5.97 Å². The zero-order chi connectivity index (χ0) is 41.4. The Hall–Kier alpha value is -0.610. The first-order chi connectivity index (χ1) is 26.9. The molecule has 0 aliphatic heterocycles. The molecule has 0 spiro atoms. The molecule has 0 aromatic heterocycles. The number of aliphatic hydroxyl groups excluding tert-OH is 2. The van der Waals surface area contributed by atoms with Gasteiger partial charge in [-0.3, -0.25) is 4.79 Å². The van der Waals surface area contributed by atoms with Crippen LogP contribution in [0.15, 0.2) is 0 Å². The topological polar surface area (TPSA) is 77.8 Å². The molecule has 8 aliphatic carbocycles. The predicted octanol–water partition coefficient (Wildman–Crippen LogP) is 13.3. The molecule has 8 aliphatic rings. The van der Waals surface area contributed by atoms with Crippen molar-refractivity contribution in [1.82, 2.24) is 0 Å². The molecule has 328 valence electrons. The van der Waals surface area contributed by atoms with Crippen LogP contribution in [0.3, 0.4) is 0 Å². The van der Waals surface area contributed by atoms with E-state index in [0.717, 1.165) is 54.3 Å². The average molecular weight is 793 g/mol. The van der Waals surface area contributed by atoms with Crippen LogP contribution in [0.5, 0.6) is 0 Å². The summed E-state index contributed by atoms with van der Waals surface area (Å²) in [5.74, 6) is 9.70. The Labute approximate surface area is 351 Å². The molecule has 4 heteroatoms. The molecule has 4 nitrogen and oxygen atoms in total. The van der Waals surface area contributed by atoms with Crippen LogP contribution in [-0.4, -0.2) is 33.5 Å². The largest absolute Gasteiger partial charge is 0.481 e. The van der Waals surface area contributed by atoms with Gasteiger partial charge in [0.2, 0.25) is 0 Å². The molecular weight excluding hydrogens is 701 g/mol. The quantitative estimate of drug-likeness (QED) is 0.229. The van der Waals surface area contributed by atoms with Crippen LogP contribution in [-0.2, 0) is 4.79 Å². The average Bonchev–Trinajstić information content (AvgIpc) is 3.70. The molecule has 0 bridgehead atoms. The molecule has 0 heterocycles. The Bertz CT molecular complexity index is 1390. The fourth-order valence-corrected chi connectivity index (χ4v) is 19.4. The van der Waals surface area contributed by atoms with Gasteiger partial charge < -0.3 is 15.3 Å². The Morgan fingerprint density at radius 2 is 0.947 bits per heavy atom. The normalized spacial score (nSPS) is 53.7. The van der Waals surface area contributed by atoms with Gasteiger partial charge in [0.1, 0.15) is 0 Å². The maximum atomic E-state index is 11.8. The van der Waals surface area contributed by atoms with Gasteiger partial charge in [-0.25, -0.2) is 0 Å². The fourth-order valence-electron chi connectivity index (χ4n) is 19.4. The van der Waals surface area contributed by atoms with Crippen molar-refractivity contribution in [3.63, 3.8) is 0 Å². The molecule has 3 N–H and O–H groups in total. The number of aliphatic hydroxyl groups is 2. The highest BCUT2D eigenvalue weighted by atomic mass is 16.4. The SMILES string of the molecule is CCC[C@@H](C)[C@H]1CCC2[C@H]3C(CC[C@@]21C)[C@@]1(C)CC[C@@H](C)C[C@H]1[C@@H](CC)[C@H]3O.CC[C@H]1[C@@H](O)[C@H]2C3CC[C@H]([C@H](C)CC(=O)O)[C@@]3(C)CCC2[C@@]2(C)CC[C@@H](C)C[C@@H]12. The molecule has 8 rings (SSSR count). The number of hydrogen-bond acceptors (Lipinski definition) is 3. The molecule has 57 heavy (non-hydrogen) atoms. The van der Waals surface area contributed by atoms with Gasteiger partial charge in [-0.2, -0.15) is 0 Å². The van der Waals surface area contributed by atoms with Crippen LogP contribution in [0, 0.1) is 116 Å². The van der Waals surface area contributed by atoms with Crippen LogP contribution in [0.1, 0.15) is 198 Å². The van der Waals surface area contributed by atoms with E-state index in [4.69, 9.17) is 0 Å². The van der Waals surface area contributed by atoms with Gasteiger partial charge in [0.15, 0.2) is 0 Å². The molecule has 8 saturated carbocycles. The number of aliphatic carboxylic acids is 1. The van der Waals surface area contributed by atoms with E-state index in [1.54, 1.807) is 0 Å². The summed E-state index contributed by atoms with van der Waals surface area (Å²) in [6.07, 6.45) is 23.7. The lowest BCUT2D eigenvalue weighted by molar-refractivity contribution is -0.198. The van der Waals surface area contributed by atoms with Crippen molar-refractivity contribution >= 4 is 5.97 Å². The number of fused-ring (bicyclic) bond motifs is 10. The third kappa shape index (κ3) is 7.17. The summed E-state index contributed by atoms with van der Waals surface area (Å²) in [4.78, 5) is 11.4. The van der Waals surface area contributed by atoms with Crippen LogP contribution in [0.4, 0.5) is 0 Å². The first-order valence-electron chi connectivity index (χ1n) is 25.5. The second-order valence-electron chi connectivity index (χ2n) is 24.5. The highest BCUT2D eigenvalue weighted by Crippen LogP contribution is 2.71. The van der Waals surface area contributed by atoms with E-state index in [2.05, 4.69) is 76.2 Å². The second kappa shape index (κ2) is 16.6. The lowest BCUT2D eigenvalue weighted by Crippen LogP contribution is -2.61. The second-order valence-corrected chi connectivity index (χ2v) is 24.5. The summed E-state index contributed by atoms with van der Waals surface area (Å²) in [5, 5.41) is 32.9. The summed E-state index contributed by atoms with van der Waals surface area (Å²) < 4.78 is 0. The molecule has 0 radical (unpaired) electrons. The first kappa shape index (κ1) is 44.4. The summed E-state index contributed by atoms with van der Waals surface area (Å²) in [5.41, 5.74) is 1.58. The van der Waals surface area contributed by atoms with Crippen LogP contribution in [0.25, 0.3) is 0 Å². The van der Waals surface area contributed by atoms with E-state index < -0.39 is 5.97 Å². The number of carboxylic acids is 1. The molecular formula is C53H92O4. The van der Waals surface area contributed by atoms with E-state index in [9.17, 15) is 20.1 Å². The Morgan fingerprint density at radius 1 is 0.561 bits per heavy atom. The third-order valence-corrected chi connectivity index (χ3v) is 22.1. The van der Waals surface area contributed by atoms with Gasteiger partial charge in [0.05, 0.1) is 12.2 Å². The van der Waals surface area contributed by atoms with Crippen molar-refractivity contribution in [3.05, 3.63) is 0 Å². The van der Waals surface area contributed by atoms with Crippen LogP contribution >= 0.6 is 0 Å². The van der Waals surface area contributed by atoms with Gasteiger partial charge in [0, 0.05) is 6.42 Å². The molecule has 0 aromatic rings. The van der Waals surface area contributed by atoms with Crippen LogP contribution in [0.2, 0.25) is 0 Å². The molecule has 0 saturated heterocycles. The van der Waals surface area contributed by atoms with Gasteiger partial charge in [-0.1, -0.05) is 115 Å². The number of carboxylic acid groups (broad SMARTS) is 1. The van der Waals surface area contributed by atoms with Crippen molar-refractivity contribution < 1.29 is 20.1 Å². The van der Waals surface area contributed by atoms with Crippen molar-refractivity contribution in [2.45, 2.75) is 210 Å². The Balaban J connectivity index is 0.000000174. The molecule has 0 aromatic carbocycles. The van der Waals surface area contributed by atoms with Gasteiger partial charge in [-0.05, 0) is 193 Å². The monoisotopic (exact) mass is 793 g/mol. The Kier molecular flexibility index (Phi) is 12.9. The van der Waals surface area contributed by atoms with E-state index in [1.807, 2.05) is 0 Å². The summed E-state index contributed by atoms with van der Waals surface area (Å²) in [6, 6.07) is 0. The maximum absolute atomic E-state index is 11.8. The minimum atomic E-state index is -0.659. The summed E-state index contributed by atoms with van der Waals surface area (Å²) >= 11 is 0. The highest BCUT2D eigenvalue weighted by Gasteiger charge is 2.66. The number of carbonyl (C=O) groups is 1. The zero-order valence-electron chi connectivity index (χ0n) is 39.1. The lowest BCUT2D eigenvalue weighted by Gasteiger charge is -2.65. The van der Waals surface area contributed by atoms with Gasteiger partial charge in [0.25, 0.3) is 0 Å². The first-order valence-corrected chi connectivity index (χ1v) is 25.5. The Morgan fingerprint density at radius 3 is 1.33 bits per heavy atom. The van der Waals surface area contributed by atoms with Crippen molar-refractivity contribution in [3.8, 4) is 0 Å².